The number of aliphatic hydroxyl groups is 1. The highest BCUT2D eigenvalue weighted by Crippen LogP contribution is 2.42. The average Bonchev–Trinajstić information content (AvgIpc) is 2.85. The molecular weight excluding hydrogens is 459 g/mol. The van der Waals surface area contributed by atoms with Crippen LogP contribution >= 0.6 is 0 Å². The van der Waals surface area contributed by atoms with Gasteiger partial charge in [0.2, 0.25) is 0 Å². The summed E-state index contributed by atoms with van der Waals surface area (Å²) in [5, 5.41) is 13.4. The van der Waals surface area contributed by atoms with Gasteiger partial charge in [0.1, 0.15) is 28.8 Å². The van der Waals surface area contributed by atoms with Crippen molar-refractivity contribution in [1.82, 2.24) is 9.97 Å². The molecule has 3 heterocycles. The molecule has 6 nitrogen and oxygen atoms in total. The molecule has 0 bridgehead atoms. The summed E-state index contributed by atoms with van der Waals surface area (Å²) in [4.78, 5) is 21.0. The van der Waals surface area contributed by atoms with E-state index in [1.54, 1.807) is 12.3 Å². The van der Waals surface area contributed by atoms with Gasteiger partial charge in [-0.15, -0.1) is 0 Å². The van der Waals surface area contributed by atoms with E-state index in [1.807, 2.05) is 0 Å². The van der Waals surface area contributed by atoms with Gasteiger partial charge in [0.15, 0.2) is 0 Å². The second-order valence-corrected chi connectivity index (χ2v) is 8.96. The van der Waals surface area contributed by atoms with Crippen molar-refractivity contribution in [3.05, 3.63) is 77.5 Å². The second kappa shape index (κ2) is 9.75. The molecule has 0 unspecified atom stereocenters. The maximum Gasteiger partial charge on any atom is 0.274 e. The van der Waals surface area contributed by atoms with E-state index in [0.717, 1.165) is 56.0 Å². The number of fused-ring (bicyclic) bond motifs is 1. The smallest absolute Gasteiger partial charge is 0.274 e. The normalized spacial score (nSPS) is 24.0. The predicted octanol–water partition coefficient (Wildman–Crippen LogP) is 5.19. The van der Waals surface area contributed by atoms with Crippen LogP contribution in [0.15, 0.2) is 48.8 Å². The Labute approximate surface area is 200 Å². The van der Waals surface area contributed by atoms with E-state index in [-0.39, 0.29) is 17.7 Å². The molecule has 1 saturated heterocycles. The molecule has 1 amide bonds. The van der Waals surface area contributed by atoms with Crippen molar-refractivity contribution in [3.8, 4) is 11.3 Å². The molecule has 182 valence electrons. The van der Waals surface area contributed by atoms with Crippen molar-refractivity contribution >= 4 is 11.6 Å². The van der Waals surface area contributed by atoms with E-state index in [2.05, 4.69) is 15.3 Å². The lowest BCUT2D eigenvalue weighted by Crippen LogP contribution is -2.43. The molecule has 2 aromatic heterocycles. The van der Waals surface area contributed by atoms with Crippen molar-refractivity contribution in [2.45, 2.75) is 50.4 Å². The highest BCUT2D eigenvalue weighted by atomic mass is 19.1. The zero-order valence-corrected chi connectivity index (χ0v) is 18.8. The quantitative estimate of drug-likeness (QED) is 0.533. The summed E-state index contributed by atoms with van der Waals surface area (Å²) < 4.78 is 49.1. The number of benzene rings is 1. The van der Waals surface area contributed by atoms with Crippen LogP contribution in [0.3, 0.4) is 0 Å². The molecule has 2 N–H and O–H groups in total. The van der Waals surface area contributed by atoms with E-state index < -0.39 is 46.8 Å². The van der Waals surface area contributed by atoms with Gasteiger partial charge in [-0.05, 0) is 43.2 Å². The number of halogens is 3. The summed E-state index contributed by atoms with van der Waals surface area (Å²) in [6.07, 6.45) is 6.35. The number of nitrogens with zero attached hydrogens (tertiary/aromatic N) is 2. The molecule has 1 saturated carbocycles. The zero-order chi connectivity index (χ0) is 24.5. The van der Waals surface area contributed by atoms with Crippen molar-refractivity contribution in [1.29, 1.82) is 0 Å². The Kier molecular flexibility index (Phi) is 6.53. The summed E-state index contributed by atoms with van der Waals surface area (Å²) in [7, 11) is 0. The first-order valence-electron chi connectivity index (χ1n) is 11.6. The number of nitrogens with one attached hydrogen (secondary N) is 1. The van der Waals surface area contributed by atoms with Crippen LogP contribution in [-0.4, -0.2) is 33.2 Å². The first-order chi connectivity index (χ1) is 16.9. The van der Waals surface area contributed by atoms with E-state index in [1.165, 1.54) is 6.20 Å². The first kappa shape index (κ1) is 23.4. The number of aromatic nitrogens is 2. The largest absolute Gasteiger partial charge is 0.393 e. The topological polar surface area (TPSA) is 84.3 Å². The lowest BCUT2D eigenvalue weighted by molar-refractivity contribution is -0.151. The number of anilines is 1. The minimum absolute atomic E-state index is 0.0498. The summed E-state index contributed by atoms with van der Waals surface area (Å²) in [6, 6.07) is 6.93. The van der Waals surface area contributed by atoms with Crippen LogP contribution in [0, 0.1) is 23.4 Å². The van der Waals surface area contributed by atoms with Gasteiger partial charge < -0.3 is 15.2 Å². The summed E-state index contributed by atoms with van der Waals surface area (Å²) in [5.74, 6) is -3.53. The van der Waals surface area contributed by atoms with Crippen LogP contribution in [0.2, 0.25) is 0 Å². The third-order valence-electron chi connectivity index (χ3n) is 6.77. The highest BCUT2D eigenvalue weighted by Gasteiger charge is 2.40. The van der Waals surface area contributed by atoms with Crippen LogP contribution in [0.1, 0.15) is 54.3 Å². The van der Waals surface area contributed by atoms with Gasteiger partial charge in [-0.3, -0.25) is 9.78 Å². The molecule has 5 rings (SSSR count). The Morgan fingerprint density at radius 3 is 2.60 bits per heavy atom. The number of hydrogen-bond donors (Lipinski definition) is 2. The summed E-state index contributed by atoms with van der Waals surface area (Å²) >= 11 is 0. The second-order valence-electron chi connectivity index (χ2n) is 8.96. The Balaban J connectivity index is 1.41. The van der Waals surface area contributed by atoms with Crippen molar-refractivity contribution < 1.29 is 27.8 Å². The lowest BCUT2D eigenvalue weighted by Gasteiger charge is -2.43. The number of hydrogen-bond acceptors (Lipinski definition) is 5. The van der Waals surface area contributed by atoms with Gasteiger partial charge in [0, 0.05) is 24.1 Å². The minimum atomic E-state index is -0.988. The fourth-order valence-electron chi connectivity index (χ4n) is 5.04. The molecular formula is C26H24F3N3O3. The number of ether oxygens (including phenoxy) is 1. The highest BCUT2D eigenvalue weighted by molar-refractivity contribution is 6.03. The van der Waals surface area contributed by atoms with Crippen LogP contribution in [0.4, 0.5) is 18.9 Å². The Bertz CT molecular complexity index is 1240. The number of amides is 1. The molecule has 9 heteroatoms. The van der Waals surface area contributed by atoms with Gasteiger partial charge in [-0.25, -0.2) is 18.2 Å². The summed E-state index contributed by atoms with van der Waals surface area (Å²) in [5.41, 5.74) is -0.460. The molecule has 1 aromatic carbocycles. The lowest BCUT2D eigenvalue weighted by atomic mass is 9.78. The van der Waals surface area contributed by atoms with E-state index >= 15 is 0 Å². The van der Waals surface area contributed by atoms with Gasteiger partial charge in [0.25, 0.3) is 5.91 Å². The van der Waals surface area contributed by atoms with E-state index in [4.69, 9.17) is 4.74 Å². The third kappa shape index (κ3) is 4.66. The molecule has 3 aromatic rings. The molecule has 2 fully saturated rings. The Hall–Kier alpha value is -3.30. The monoisotopic (exact) mass is 483 g/mol. The number of carbonyl (C=O) groups excluding carboxylic acids is 1. The number of aliphatic hydroxyl groups excluding tert-OH is 1. The third-order valence-corrected chi connectivity index (χ3v) is 6.77. The SMILES string of the molecule is O=C(Nc1cnccc1[C@H]1C[C@@H](O)[C@H]2CCCC[C@H]2O1)c1ccc(F)c(-c2c(F)cccc2F)n1. The molecule has 4 atom stereocenters. The fourth-order valence-corrected chi connectivity index (χ4v) is 5.04. The van der Waals surface area contributed by atoms with Crippen LogP contribution < -0.4 is 5.32 Å². The van der Waals surface area contributed by atoms with E-state index in [9.17, 15) is 23.1 Å². The summed E-state index contributed by atoms with van der Waals surface area (Å²) in [6.45, 7) is 0. The van der Waals surface area contributed by atoms with Gasteiger partial charge in [-0.1, -0.05) is 18.9 Å². The standard InChI is InChI=1S/C26H24F3N3O3/c27-16-5-3-6-17(28)24(16)25-18(29)8-9-19(31-25)26(34)32-20-13-30-11-10-14(20)23-12-21(33)15-4-1-2-7-22(15)35-23/h3,5-6,8-11,13,15,21-23,33H,1-2,4,7,12H2,(H,32,34)/t15-,21-,22-,23-/m1/s1. The first-order valence-corrected chi connectivity index (χ1v) is 11.6. The van der Waals surface area contributed by atoms with Crippen molar-refractivity contribution in [2.75, 3.05) is 5.32 Å². The van der Waals surface area contributed by atoms with Crippen molar-refractivity contribution in [3.63, 3.8) is 0 Å². The molecule has 1 aliphatic heterocycles. The molecule has 0 spiro atoms. The minimum Gasteiger partial charge on any atom is -0.393 e. The maximum absolute atomic E-state index is 14.4. The number of rotatable bonds is 4. The van der Waals surface area contributed by atoms with Gasteiger partial charge in [0.05, 0.1) is 35.8 Å². The predicted molar refractivity (Wildman–Crippen MR) is 122 cm³/mol. The molecule has 0 radical (unpaired) electrons. The Morgan fingerprint density at radius 2 is 1.80 bits per heavy atom. The van der Waals surface area contributed by atoms with Gasteiger partial charge >= 0.3 is 0 Å². The van der Waals surface area contributed by atoms with Gasteiger partial charge in [-0.2, -0.15) is 0 Å². The number of carbonyl (C=O) groups is 1. The fraction of sp³-hybridized carbons (Fsp3) is 0.346. The van der Waals surface area contributed by atoms with E-state index in [0.29, 0.717) is 17.7 Å². The molecule has 1 aliphatic carbocycles. The van der Waals surface area contributed by atoms with Crippen LogP contribution in [0.5, 0.6) is 0 Å². The van der Waals surface area contributed by atoms with Crippen LogP contribution in [-0.2, 0) is 4.74 Å². The zero-order valence-electron chi connectivity index (χ0n) is 18.8. The van der Waals surface area contributed by atoms with Crippen LogP contribution in [0.25, 0.3) is 11.3 Å². The Morgan fingerprint density at radius 1 is 1.03 bits per heavy atom. The molecule has 2 aliphatic rings. The molecule has 35 heavy (non-hydrogen) atoms. The average molecular weight is 483 g/mol. The maximum atomic E-state index is 14.4. The number of pyridine rings is 2. The van der Waals surface area contributed by atoms with Crippen molar-refractivity contribution in [2.24, 2.45) is 5.92 Å².